The van der Waals surface area contributed by atoms with Crippen LogP contribution in [-0.2, 0) is 6.54 Å². The quantitative estimate of drug-likeness (QED) is 0.739. The van der Waals surface area contributed by atoms with Gasteiger partial charge in [-0.3, -0.25) is 0 Å². The second-order valence-electron chi connectivity index (χ2n) is 3.83. The van der Waals surface area contributed by atoms with Crippen molar-refractivity contribution in [2.45, 2.75) is 19.4 Å². The molecule has 1 rings (SSSR count). The number of benzene rings is 1. The van der Waals surface area contributed by atoms with E-state index >= 15 is 0 Å². The number of unbranched alkanes of at least 4 members (excludes halogenated alkanes) is 1. The summed E-state index contributed by atoms with van der Waals surface area (Å²) in [6.45, 7) is 1.93. The Kier molecular flexibility index (Phi) is 7.73. The van der Waals surface area contributed by atoms with Crippen molar-refractivity contribution in [2.24, 2.45) is 0 Å². The van der Waals surface area contributed by atoms with Gasteiger partial charge in [0.1, 0.15) is 5.75 Å². The van der Waals surface area contributed by atoms with Crippen molar-refractivity contribution in [1.29, 1.82) is 0 Å². The molecule has 0 fully saturated rings. The highest BCUT2D eigenvalue weighted by atomic mass is 79.9. The highest BCUT2D eigenvalue weighted by molar-refractivity contribution is 9.10. The van der Waals surface area contributed by atoms with Crippen LogP contribution in [-0.4, -0.2) is 25.7 Å². The molecule has 0 aliphatic rings. The van der Waals surface area contributed by atoms with Crippen LogP contribution in [0.4, 0.5) is 0 Å². The highest BCUT2D eigenvalue weighted by Gasteiger charge is 2.02. The van der Waals surface area contributed by atoms with E-state index in [9.17, 15) is 0 Å². The summed E-state index contributed by atoms with van der Waals surface area (Å²) in [6, 6.07) is 6.10. The summed E-state index contributed by atoms with van der Waals surface area (Å²) in [7, 11) is 1.71. The van der Waals surface area contributed by atoms with Crippen LogP contribution in [0.25, 0.3) is 0 Å². The summed E-state index contributed by atoms with van der Waals surface area (Å²) in [5.74, 6) is 2.20. The summed E-state index contributed by atoms with van der Waals surface area (Å²) >= 11 is 5.39. The van der Waals surface area contributed by atoms with E-state index in [1.807, 2.05) is 23.9 Å². The summed E-state index contributed by atoms with van der Waals surface area (Å²) in [4.78, 5) is 0. The largest absolute Gasteiger partial charge is 0.496 e. The van der Waals surface area contributed by atoms with Gasteiger partial charge >= 0.3 is 0 Å². The second kappa shape index (κ2) is 8.84. The Labute approximate surface area is 117 Å². The second-order valence-corrected chi connectivity index (χ2v) is 5.73. The van der Waals surface area contributed by atoms with E-state index in [-0.39, 0.29) is 0 Å². The molecule has 0 spiro atoms. The molecular formula is C13H20BrNOS. The van der Waals surface area contributed by atoms with Gasteiger partial charge < -0.3 is 10.1 Å². The SMILES string of the molecule is COc1ccc(Br)cc1CNCCCCSC. The van der Waals surface area contributed by atoms with Crippen LogP contribution in [0.3, 0.4) is 0 Å². The van der Waals surface area contributed by atoms with Crippen molar-refractivity contribution < 1.29 is 4.74 Å². The molecule has 4 heteroatoms. The number of nitrogens with one attached hydrogen (secondary N) is 1. The molecule has 0 atom stereocenters. The molecule has 0 amide bonds. The van der Waals surface area contributed by atoms with Gasteiger partial charge in [0.15, 0.2) is 0 Å². The van der Waals surface area contributed by atoms with Crippen LogP contribution in [0.2, 0.25) is 0 Å². The van der Waals surface area contributed by atoms with Gasteiger partial charge in [-0.05, 0) is 49.6 Å². The zero-order valence-corrected chi connectivity index (χ0v) is 12.9. The highest BCUT2D eigenvalue weighted by Crippen LogP contribution is 2.22. The molecule has 17 heavy (non-hydrogen) atoms. The van der Waals surface area contributed by atoms with Crippen LogP contribution in [0.15, 0.2) is 22.7 Å². The van der Waals surface area contributed by atoms with Crippen molar-refractivity contribution >= 4 is 27.7 Å². The van der Waals surface area contributed by atoms with E-state index in [1.165, 1.54) is 24.2 Å². The number of rotatable bonds is 8. The van der Waals surface area contributed by atoms with Gasteiger partial charge in [0, 0.05) is 16.6 Å². The normalized spacial score (nSPS) is 10.5. The minimum Gasteiger partial charge on any atom is -0.496 e. The molecular weight excluding hydrogens is 298 g/mol. The summed E-state index contributed by atoms with van der Waals surface area (Å²) in [6.07, 6.45) is 4.67. The molecule has 0 bridgehead atoms. The molecule has 0 unspecified atom stereocenters. The minimum atomic E-state index is 0.863. The Morgan fingerprint density at radius 1 is 1.35 bits per heavy atom. The van der Waals surface area contributed by atoms with Crippen LogP contribution >= 0.6 is 27.7 Å². The first-order chi connectivity index (χ1) is 8.27. The molecule has 0 radical (unpaired) electrons. The molecule has 0 aromatic heterocycles. The Morgan fingerprint density at radius 3 is 2.88 bits per heavy atom. The van der Waals surface area contributed by atoms with Gasteiger partial charge in [-0.15, -0.1) is 0 Å². The number of ether oxygens (including phenoxy) is 1. The molecule has 0 aliphatic heterocycles. The maximum atomic E-state index is 5.33. The molecule has 0 aliphatic carbocycles. The molecule has 1 N–H and O–H groups in total. The molecule has 1 aromatic carbocycles. The van der Waals surface area contributed by atoms with E-state index in [2.05, 4.69) is 33.6 Å². The standard InChI is InChI=1S/C13H20BrNOS/c1-16-13-6-5-12(14)9-11(13)10-15-7-3-4-8-17-2/h5-6,9,15H,3-4,7-8,10H2,1-2H3. The molecule has 96 valence electrons. The van der Waals surface area contributed by atoms with Crippen molar-refractivity contribution in [2.75, 3.05) is 25.7 Å². The fraction of sp³-hybridized carbons (Fsp3) is 0.538. The third-order valence-corrected chi connectivity index (χ3v) is 3.70. The van der Waals surface area contributed by atoms with Gasteiger partial charge in [0.05, 0.1) is 7.11 Å². The minimum absolute atomic E-state index is 0.863. The van der Waals surface area contributed by atoms with E-state index in [0.29, 0.717) is 0 Å². The number of hydrogen-bond acceptors (Lipinski definition) is 3. The predicted octanol–water partition coefficient (Wildman–Crippen LogP) is 3.69. The Morgan fingerprint density at radius 2 is 2.18 bits per heavy atom. The van der Waals surface area contributed by atoms with Crippen LogP contribution in [0.5, 0.6) is 5.75 Å². The number of thioether (sulfide) groups is 1. The molecule has 1 aromatic rings. The lowest BCUT2D eigenvalue weighted by Gasteiger charge is -2.10. The fourth-order valence-electron chi connectivity index (χ4n) is 1.60. The number of halogens is 1. The van der Waals surface area contributed by atoms with E-state index in [1.54, 1.807) is 7.11 Å². The number of methoxy groups -OCH3 is 1. The molecule has 0 saturated carbocycles. The summed E-state index contributed by atoms with van der Waals surface area (Å²) in [5, 5.41) is 3.45. The topological polar surface area (TPSA) is 21.3 Å². The maximum absolute atomic E-state index is 5.33. The van der Waals surface area contributed by atoms with Crippen LogP contribution in [0, 0.1) is 0 Å². The van der Waals surface area contributed by atoms with Gasteiger partial charge in [-0.25, -0.2) is 0 Å². The lowest BCUT2D eigenvalue weighted by Crippen LogP contribution is -2.15. The predicted molar refractivity (Wildman–Crippen MR) is 80.0 cm³/mol. The first-order valence-electron chi connectivity index (χ1n) is 5.80. The average Bonchev–Trinajstić information content (AvgIpc) is 2.34. The van der Waals surface area contributed by atoms with Crippen molar-refractivity contribution in [3.8, 4) is 5.75 Å². The first kappa shape index (κ1) is 14.9. The zero-order chi connectivity index (χ0) is 12.5. The Bertz CT molecular complexity index is 333. The summed E-state index contributed by atoms with van der Waals surface area (Å²) < 4.78 is 6.43. The summed E-state index contributed by atoms with van der Waals surface area (Å²) in [5.41, 5.74) is 1.20. The lowest BCUT2D eigenvalue weighted by atomic mass is 10.2. The smallest absolute Gasteiger partial charge is 0.123 e. The molecule has 0 heterocycles. The van der Waals surface area contributed by atoms with Crippen molar-refractivity contribution in [3.05, 3.63) is 28.2 Å². The fourth-order valence-corrected chi connectivity index (χ4v) is 2.51. The van der Waals surface area contributed by atoms with Crippen molar-refractivity contribution in [1.82, 2.24) is 5.32 Å². The first-order valence-corrected chi connectivity index (χ1v) is 7.98. The Balaban J connectivity index is 2.32. The van der Waals surface area contributed by atoms with E-state index < -0.39 is 0 Å². The van der Waals surface area contributed by atoms with E-state index in [0.717, 1.165) is 23.3 Å². The third-order valence-electron chi connectivity index (χ3n) is 2.51. The van der Waals surface area contributed by atoms with Crippen LogP contribution in [0.1, 0.15) is 18.4 Å². The molecule has 0 saturated heterocycles. The maximum Gasteiger partial charge on any atom is 0.123 e. The van der Waals surface area contributed by atoms with Crippen molar-refractivity contribution in [3.63, 3.8) is 0 Å². The van der Waals surface area contributed by atoms with Gasteiger partial charge in [-0.2, -0.15) is 11.8 Å². The lowest BCUT2D eigenvalue weighted by molar-refractivity contribution is 0.407. The average molecular weight is 318 g/mol. The van der Waals surface area contributed by atoms with Gasteiger partial charge in [-0.1, -0.05) is 15.9 Å². The van der Waals surface area contributed by atoms with Crippen LogP contribution < -0.4 is 10.1 Å². The third kappa shape index (κ3) is 5.80. The molecule has 2 nitrogen and oxygen atoms in total. The van der Waals surface area contributed by atoms with Gasteiger partial charge in [0.2, 0.25) is 0 Å². The van der Waals surface area contributed by atoms with Gasteiger partial charge in [0.25, 0.3) is 0 Å². The Hall–Kier alpha value is -0.190. The zero-order valence-electron chi connectivity index (χ0n) is 10.5. The van der Waals surface area contributed by atoms with E-state index in [4.69, 9.17) is 4.74 Å². The number of hydrogen-bond donors (Lipinski definition) is 1. The monoisotopic (exact) mass is 317 g/mol.